The van der Waals surface area contributed by atoms with Gasteiger partial charge < -0.3 is 14.2 Å². The fraction of sp³-hybridized carbons (Fsp3) is 0.632. The first-order valence-electron chi connectivity index (χ1n) is 9.29. The van der Waals surface area contributed by atoms with Gasteiger partial charge in [-0.25, -0.2) is 4.98 Å². The third kappa shape index (κ3) is 3.52. The van der Waals surface area contributed by atoms with Crippen LogP contribution in [0, 0.1) is 5.92 Å². The maximum atomic E-state index is 4.79. The highest BCUT2D eigenvalue weighted by Crippen LogP contribution is 2.25. The van der Waals surface area contributed by atoms with E-state index in [1.165, 1.54) is 58.2 Å². The van der Waals surface area contributed by atoms with E-state index < -0.39 is 0 Å². The Labute approximate surface area is 139 Å². The van der Waals surface area contributed by atoms with Crippen molar-refractivity contribution in [3.05, 3.63) is 30.6 Å². The summed E-state index contributed by atoms with van der Waals surface area (Å²) in [7, 11) is 0. The number of nitrogens with zero attached hydrogens (tertiary/aromatic N) is 4. The van der Waals surface area contributed by atoms with Gasteiger partial charge in [0.05, 0.1) is 6.20 Å². The van der Waals surface area contributed by atoms with Gasteiger partial charge in [0.2, 0.25) is 0 Å². The molecule has 1 aliphatic carbocycles. The van der Waals surface area contributed by atoms with E-state index in [-0.39, 0.29) is 0 Å². The lowest BCUT2D eigenvalue weighted by molar-refractivity contribution is 0.211. The minimum atomic E-state index is 0.950. The predicted molar refractivity (Wildman–Crippen MR) is 95.0 cm³/mol. The summed E-state index contributed by atoms with van der Waals surface area (Å²) in [5.41, 5.74) is 1.05. The smallest absolute Gasteiger partial charge is 0.147 e. The molecule has 2 fully saturated rings. The van der Waals surface area contributed by atoms with Gasteiger partial charge in [0.1, 0.15) is 11.5 Å². The molecule has 1 saturated heterocycles. The molecule has 0 unspecified atom stereocenters. The van der Waals surface area contributed by atoms with E-state index in [4.69, 9.17) is 4.98 Å². The molecule has 4 heteroatoms. The van der Waals surface area contributed by atoms with E-state index in [1.54, 1.807) is 0 Å². The lowest BCUT2D eigenvalue weighted by atomic mass is 9.89. The van der Waals surface area contributed by atoms with Crippen molar-refractivity contribution < 1.29 is 0 Å². The Morgan fingerprint density at radius 3 is 2.74 bits per heavy atom. The van der Waals surface area contributed by atoms with Crippen molar-refractivity contribution >= 4 is 11.5 Å². The molecule has 0 amide bonds. The number of pyridine rings is 1. The zero-order valence-electron chi connectivity index (χ0n) is 14.0. The summed E-state index contributed by atoms with van der Waals surface area (Å²) < 4.78 is 2.13. The second kappa shape index (κ2) is 6.91. The van der Waals surface area contributed by atoms with Crippen molar-refractivity contribution in [2.75, 3.05) is 37.6 Å². The molecule has 23 heavy (non-hydrogen) atoms. The molecule has 4 nitrogen and oxygen atoms in total. The first-order valence-corrected chi connectivity index (χ1v) is 9.29. The van der Waals surface area contributed by atoms with Gasteiger partial charge >= 0.3 is 0 Å². The highest BCUT2D eigenvalue weighted by Gasteiger charge is 2.21. The van der Waals surface area contributed by atoms with Gasteiger partial charge in [-0.2, -0.15) is 0 Å². The second-order valence-corrected chi connectivity index (χ2v) is 7.21. The van der Waals surface area contributed by atoms with Crippen molar-refractivity contribution in [1.82, 2.24) is 14.3 Å². The number of aromatic nitrogens is 2. The summed E-state index contributed by atoms with van der Waals surface area (Å²) in [6, 6.07) is 6.20. The summed E-state index contributed by atoms with van der Waals surface area (Å²) in [6.45, 7) is 5.99. The largest absolute Gasteiger partial charge is 0.354 e. The second-order valence-electron chi connectivity index (χ2n) is 7.21. The van der Waals surface area contributed by atoms with Crippen LogP contribution in [0.1, 0.15) is 38.5 Å². The number of imidazole rings is 1. The van der Waals surface area contributed by atoms with E-state index in [0.29, 0.717) is 0 Å². The zero-order chi connectivity index (χ0) is 15.5. The molecular formula is C19H28N4. The van der Waals surface area contributed by atoms with Gasteiger partial charge in [-0.3, -0.25) is 0 Å². The van der Waals surface area contributed by atoms with E-state index in [9.17, 15) is 0 Å². The number of fused-ring (bicyclic) bond motifs is 1. The van der Waals surface area contributed by atoms with Crippen LogP contribution < -0.4 is 4.90 Å². The quantitative estimate of drug-likeness (QED) is 0.867. The van der Waals surface area contributed by atoms with E-state index in [1.807, 2.05) is 0 Å². The summed E-state index contributed by atoms with van der Waals surface area (Å²) >= 11 is 0. The van der Waals surface area contributed by atoms with E-state index in [0.717, 1.165) is 30.5 Å². The summed E-state index contributed by atoms with van der Waals surface area (Å²) in [5.74, 6) is 2.08. The first kappa shape index (κ1) is 15.0. The molecule has 2 aromatic rings. The standard InChI is InChI=1S/C19H28N4/c1-2-7-17(8-3-1)15-21-10-6-12-22(14-13-21)19-16-23-11-5-4-9-18(23)20-19/h4-5,9,11,16-17H,1-3,6-8,10,12-15H2. The molecule has 2 aromatic heterocycles. The lowest BCUT2D eigenvalue weighted by Crippen LogP contribution is -2.34. The van der Waals surface area contributed by atoms with Crippen LogP contribution in [-0.4, -0.2) is 47.0 Å². The van der Waals surface area contributed by atoms with Crippen LogP contribution >= 0.6 is 0 Å². The van der Waals surface area contributed by atoms with Crippen LogP contribution in [0.2, 0.25) is 0 Å². The number of rotatable bonds is 3. The summed E-state index contributed by atoms with van der Waals surface area (Å²) in [5, 5.41) is 0. The zero-order valence-corrected chi connectivity index (χ0v) is 14.0. The number of anilines is 1. The van der Waals surface area contributed by atoms with Crippen LogP contribution in [0.15, 0.2) is 30.6 Å². The van der Waals surface area contributed by atoms with Crippen LogP contribution in [0.5, 0.6) is 0 Å². The molecule has 4 rings (SSSR count). The van der Waals surface area contributed by atoms with Crippen LogP contribution in [0.3, 0.4) is 0 Å². The third-order valence-electron chi connectivity index (χ3n) is 5.50. The summed E-state index contributed by atoms with van der Waals surface area (Å²) in [6.07, 6.45) is 12.8. The molecule has 0 radical (unpaired) electrons. The first-order chi connectivity index (χ1) is 11.4. The normalized spacial score (nSPS) is 21.7. The molecule has 124 valence electrons. The Balaban J connectivity index is 1.38. The molecule has 0 atom stereocenters. The van der Waals surface area contributed by atoms with Crippen molar-refractivity contribution in [2.24, 2.45) is 5.92 Å². The van der Waals surface area contributed by atoms with Crippen LogP contribution in [0.4, 0.5) is 5.82 Å². The van der Waals surface area contributed by atoms with E-state index >= 15 is 0 Å². The SMILES string of the molecule is c1ccn2cc(N3CCCN(CC4CCCCC4)CC3)nc2c1. The van der Waals surface area contributed by atoms with Crippen molar-refractivity contribution in [1.29, 1.82) is 0 Å². The highest BCUT2D eigenvalue weighted by molar-refractivity contribution is 5.50. The van der Waals surface area contributed by atoms with Gasteiger partial charge in [0.15, 0.2) is 0 Å². The van der Waals surface area contributed by atoms with Gasteiger partial charge in [0, 0.05) is 32.4 Å². The monoisotopic (exact) mass is 312 g/mol. The summed E-state index contributed by atoms with van der Waals surface area (Å²) in [4.78, 5) is 9.96. The van der Waals surface area contributed by atoms with Gasteiger partial charge in [-0.15, -0.1) is 0 Å². The van der Waals surface area contributed by atoms with Crippen molar-refractivity contribution in [3.63, 3.8) is 0 Å². The maximum absolute atomic E-state index is 4.79. The third-order valence-corrected chi connectivity index (χ3v) is 5.50. The average molecular weight is 312 g/mol. The number of hydrogen-bond donors (Lipinski definition) is 0. The Morgan fingerprint density at radius 2 is 1.87 bits per heavy atom. The molecular weight excluding hydrogens is 284 g/mol. The van der Waals surface area contributed by atoms with Crippen LogP contribution in [-0.2, 0) is 0 Å². The molecule has 1 aliphatic heterocycles. The Hall–Kier alpha value is -1.55. The van der Waals surface area contributed by atoms with Crippen molar-refractivity contribution in [2.45, 2.75) is 38.5 Å². The van der Waals surface area contributed by atoms with E-state index in [2.05, 4.69) is 44.8 Å². The fourth-order valence-corrected chi connectivity index (χ4v) is 4.19. The highest BCUT2D eigenvalue weighted by atomic mass is 15.3. The minimum Gasteiger partial charge on any atom is -0.354 e. The molecule has 3 heterocycles. The maximum Gasteiger partial charge on any atom is 0.147 e. The molecule has 1 saturated carbocycles. The molecule has 0 bridgehead atoms. The Bertz CT molecular complexity index is 596. The lowest BCUT2D eigenvalue weighted by Gasteiger charge is -2.28. The molecule has 0 spiro atoms. The molecule has 0 aromatic carbocycles. The number of hydrogen-bond acceptors (Lipinski definition) is 3. The fourth-order valence-electron chi connectivity index (χ4n) is 4.19. The van der Waals surface area contributed by atoms with Gasteiger partial charge in [-0.1, -0.05) is 25.3 Å². The van der Waals surface area contributed by atoms with Gasteiger partial charge in [0.25, 0.3) is 0 Å². The molecule has 2 aliphatic rings. The predicted octanol–water partition coefficient (Wildman–Crippen LogP) is 3.43. The Morgan fingerprint density at radius 1 is 0.957 bits per heavy atom. The van der Waals surface area contributed by atoms with Crippen molar-refractivity contribution in [3.8, 4) is 0 Å². The Kier molecular flexibility index (Phi) is 4.51. The topological polar surface area (TPSA) is 23.8 Å². The minimum absolute atomic E-state index is 0.950. The van der Waals surface area contributed by atoms with Gasteiger partial charge in [-0.05, 0) is 43.9 Å². The molecule has 0 N–H and O–H groups in total. The van der Waals surface area contributed by atoms with Crippen LogP contribution in [0.25, 0.3) is 5.65 Å². The average Bonchev–Trinajstić information content (AvgIpc) is 2.89.